The molecule has 0 aliphatic heterocycles. The van der Waals surface area contributed by atoms with Crippen LogP contribution in [0.4, 0.5) is 0 Å². The van der Waals surface area contributed by atoms with Crippen LogP contribution in [0.3, 0.4) is 0 Å². The number of nitrogens with zero attached hydrogens (tertiary/aromatic N) is 2. The minimum absolute atomic E-state index is 0.446. The van der Waals surface area contributed by atoms with Crippen LogP contribution in [0.25, 0.3) is 21.8 Å². The summed E-state index contributed by atoms with van der Waals surface area (Å²) in [5.41, 5.74) is 7.61. The zero-order valence-electron chi connectivity index (χ0n) is 13.6. The Bertz CT molecular complexity index is 761. The average Bonchev–Trinajstić information content (AvgIpc) is 2.84. The molecule has 3 heteroatoms. The quantitative estimate of drug-likeness (QED) is 0.605. The number of aryl methyl sites for hydroxylation is 2. The topological polar surface area (TPSA) is 25.8 Å². The molecule has 2 aromatic carbocycles. The predicted octanol–water partition coefficient (Wildman–Crippen LogP) is 5.71. The normalized spacial score (nSPS) is 12.2. The number of hydrogen-bond acceptors (Lipinski definition) is 3. The van der Waals surface area contributed by atoms with E-state index in [2.05, 4.69) is 62.4 Å². The van der Waals surface area contributed by atoms with Crippen molar-refractivity contribution in [2.45, 2.75) is 53.4 Å². The highest BCUT2D eigenvalue weighted by Gasteiger charge is 2.21. The maximum atomic E-state index is 4.62. The first kappa shape index (κ1) is 14.5. The molecule has 1 heterocycles. The Balaban J connectivity index is 2.62. The molecule has 3 rings (SSSR count). The lowest BCUT2D eigenvalue weighted by atomic mass is 9.86. The van der Waals surface area contributed by atoms with Crippen molar-refractivity contribution in [1.82, 2.24) is 8.75 Å². The monoisotopic (exact) mass is 298 g/mol. The molecule has 3 aromatic rings. The summed E-state index contributed by atoms with van der Waals surface area (Å²) in [6, 6.07) is 4.68. The smallest absolute Gasteiger partial charge is 0.109 e. The second-order valence-electron chi connectivity index (χ2n) is 6.58. The molecular formula is C18H22N2S. The standard InChI is InChI=1S/C18H22N2S/c1-9(2)15-13-7-11(5)12(6)8-14(13)16(10(3)4)18-17(15)19-21-20-18/h7-10H,1-6H3. The molecule has 0 spiro atoms. The Morgan fingerprint density at radius 3 is 1.48 bits per heavy atom. The van der Waals surface area contributed by atoms with Crippen LogP contribution >= 0.6 is 11.7 Å². The van der Waals surface area contributed by atoms with E-state index in [4.69, 9.17) is 0 Å². The highest BCUT2D eigenvalue weighted by Crippen LogP contribution is 2.39. The van der Waals surface area contributed by atoms with E-state index in [0.717, 1.165) is 11.0 Å². The molecule has 0 aliphatic carbocycles. The molecule has 0 atom stereocenters. The highest BCUT2D eigenvalue weighted by atomic mass is 32.1. The Labute approximate surface area is 130 Å². The van der Waals surface area contributed by atoms with Crippen molar-refractivity contribution >= 4 is 33.5 Å². The molecule has 0 N–H and O–H groups in total. The van der Waals surface area contributed by atoms with Crippen molar-refractivity contribution in [2.24, 2.45) is 0 Å². The zero-order chi connectivity index (χ0) is 15.3. The van der Waals surface area contributed by atoms with Crippen LogP contribution in [0.5, 0.6) is 0 Å². The fourth-order valence-electron chi connectivity index (χ4n) is 3.23. The van der Waals surface area contributed by atoms with E-state index in [1.807, 2.05) is 0 Å². The largest absolute Gasteiger partial charge is 0.173 e. The summed E-state index contributed by atoms with van der Waals surface area (Å²) in [5, 5.41) is 2.72. The van der Waals surface area contributed by atoms with Crippen LogP contribution in [0.2, 0.25) is 0 Å². The number of aromatic nitrogens is 2. The molecule has 2 nitrogen and oxygen atoms in total. The maximum absolute atomic E-state index is 4.62. The molecule has 0 saturated heterocycles. The van der Waals surface area contributed by atoms with Gasteiger partial charge in [-0.3, -0.25) is 0 Å². The zero-order valence-corrected chi connectivity index (χ0v) is 14.4. The van der Waals surface area contributed by atoms with Gasteiger partial charge in [0.25, 0.3) is 0 Å². The van der Waals surface area contributed by atoms with Crippen LogP contribution in [-0.2, 0) is 0 Å². The highest BCUT2D eigenvalue weighted by molar-refractivity contribution is 7.00. The minimum Gasteiger partial charge on any atom is -0.173 e. The third-order valence-electron chi connectivity index (χ3n) is 4.37. The van der Waals surface area contributed by atoms with Gasteiger partial charge in [-0.05, 0) is 58.7 Å². The number of benzene rings is 2. The van der Waals surface area contributed by atoms with E-state index in [0.29, 0.717) is 11.8 Å². The SMILES string of the molecule is Cc1cc2c(C(C)C)c3nsnc3c(C(C)C)c2cc1C. The fraction of sp³-hybridized carbons (Fsp3) is 0.444. The molecule has 1 aromatic heterocycles. The lowest BCUT2D eigenvalue weighted by Crippen LogP contribution is -2.00. The van der Waals surface area contributed by atoms with Gasteiger partial charge in [0.05, 0.1) is 11.7 Å². The van der Waals surface area contributed by atoms with Crippen molar-refractivity contribution < 1.29 is 0 Å². The van der Waals surface area contributed by atoms with Gasteiger partial charge in [-0.25, -0.2) is 0 Å². The van der Waals surface area contributed by atoms with Crippen LogP contribution in [0.1, 0.15) is 61.8 Å². The molecule has 21 heavy (non-hydrogen) atoms. The van der Waals surface area contributed by atoms with Gasteiger partial charge in [0.1, 0.15) is 11.0 Å². The fourth-order valence-corrected chi connectivity index (χ4v) is 3.80. The molecule has 0 saturated carbocycles. The maximum Gasteiger partial charge on any atom is 0.109 e. The van der Waals surface area contributed by atoms with E-state index in [9.17, 15) is 0 Å². The molecule has 0 fully saturated rings. The van der Waals surface area contributed by atoms with Crippen molar-refractivity contribution in [3.8, 4) is 0 Å². The van der Waals surface area contributed by atoms with Crippen molar-refractivity contribution in [3.63, 3.8) is 0 Å². The van der Waals surface area contributed by atoms with Gasteiger partial charge in [0.2, 0.25) is 0 Å². The molecule has 0 unspecified atom stereocenters. The Morgan fingerprint density at radius 2 is 1.14 bits per heavy atom. The average molecular weight is 298 g/mol. The molecule has 0 amide bonds. The Morgan fingerprint density at radius 1 is 0.762 bits per heavy atom. The first-order valence-electron chi connectivity index (χ1n) is 7.60. The van der Waals surface area contributed by atoms with Crippen LogP contribution < -0.4 is 0 Å². The summed E-state index contributed by atoms with van der Waals surface area (Å²) < 4.78 is 9.23. The van der Waals surface area contributed by atoms with Gasteiger partial charge in [0, 0.05) is 0 Å². The van der Waals surface area contributed by atoms with Gasteiger partial charge < -0.3 is 0 Å². The number of hydrogen-bond donors (Lipinski definition) is 0. The van der Waals surface area contributed by atoms with Crippen molar-refractivity contribution in [2.75, 3.05) is 0 Å². The minimum atomic E-state index is 0.446. The summed E-state index contributed by atoms with van der Waals surface area (Å²) in [5.74, 6) is 0.893. The van der Waals surface area contributed by atoms with Gasteiger partial charge in [-0.1, -0.05) is 39.8 Å². The summed E-state index contributed by atoms with van der Waals surface area (Å²) in [6.07, 6.45) is 0. The van der Waals surface area contributed by atoms with Crippen LogP contribution in [0.15, 0.2) is 12.1 Å². The predicted molar refractivity (Wildman–Crippen MR) is 92.6 cm³/mol. The Kier molecular flexibility index (Phi) is 3.48. The number of rotatable bonds is 2. The van der Waals surface area contributed by atoms with Crippen LogP contribution in [-0.4, -0.2) is 8.75 Å². The lowest BCUT2D eigenvalue weighted by molar-refractivity contribution is 0.870. The first-order chi connectivity index (χ1) is 9.91. The van der Waals surface area contributed by atoms with Gasteiger partial charge in [-0.15, -0.1) is 0 Å². The third kappa shape index (κ3) is 2.15. The van der Waals surface area contributed by atoms with E-state index in [-0.39, 0.29) is 0 Å². The summed E-state index contributed by atoms with van der Waals surface area (Å²) in [4.78, 5) is 0. The number of fused-ring (bicyclic) bond motifs is 2. The summed E-state index contributed by atoms with van der Waals surface area (Å²) in [7, 11) is 0. The summed E-state index contributed by atoms with van der Waals surface area (Å²) >= 11 is 1.34. The van der Waals surface area contributed by atoms with E-state index < -0.39 is 0 Å². The molecule has 0 aliphatic rings. The molecule has 110 valence electrons. The molecule has 0 radical (unpaired) electrons. The van der Waals surface area contributed by atoms with E-state index in [1.54, 1.807) is 0 Å². The lowest BCUT2D eigenvalue weighted by Gasteiger charge is -2.18. The first-order valence-corrected chi connectivity index (χ1v) is 8.33. The van der Waals surface area contributed by atoms with Gasteiger partial charge in [-0.2, -0.15) is 8.75 Å². The second-order valence-corrected chi connectivity index (χ2v) is 7.11. The summed E-state index contributed by atoms with van der Waals surface area (Å²) in [6.45, 7) is 13.4. The van der Waals surface area contributed by atoms with E-state index >= 15 is 0 Å². The Hall–Kier alpha value is -1.48. The van der Waals surface area contributed by atoms with Crippen molar-refractivity contribution in [3.05, 3.63) is 34.4 Å². The molecular weight excluding hydrogens is 276 g/mol. The van der Waals surface area contributed by atoms with Crippen molar-refractivity contribution in [1.29, 1.82) is 0 Å². The second kappa shape index (κ2) is 5.06. The van der Waals surface area contributed by atoms with E-state index in [1.165, 1.54) is 44.8 Å². The molecule has 0 bridgehead atoms. The van der Waals surface area contributed by atoms with Crippen LogP contribution in [0, 0.1) is 13.8 Å². The van der Waals surface area contributed by atoms with Gasteiger partial charge in [0.15, 0.2) is 0 Å². The van der Waals surface area contributed by atoms with Gasteiger partial charge >= 0.3 is 0 Å². The third-order valence-corrected chi connectivity index (χ3v) is 4.90.